The summed E-state index contributed by atoms with van der Waals surface area (Å²) in [6.45, 7) is 14.7. The van der Waals surface area contributed by atoms with Gasteiger partial charge in [-0.25, -0.2) is 0 Å². The number of esters is 1. The van der Waals surface area contributed by atoms with Gasteiger partial charge in [0.25, 0.3) is 0 Å². The zero-order valence-electron chi connectivity index (χ0n) is 33.1. The largest absolute Gasteiger partial charge is 0.432 e. The molecule has 5 aliphatic carbocycles. The van der Waals surface area contributed by atoms with Crippen LogP contribution in [0.4, 0.5) is 0 Å². The van der Waals surface area contributed by atoms with Crippen molar-refractivity contribution in [1.82, 2.24) is 0 Å². The molecule has 0 aromatic carbocycles. The summed E-state index contributed by atoms with van der Waals surface area (Å²) in [5, 5.41) is 84.3. The van der Waals surface area contributed by atoms with Crippen molar-refractivity contribution in [3.63, 3.8) is 0 Å². The van der Waals surface area contributed by atoms with E-state index in [4.69, 9.17) is 18.9 Å². The second kappa shape index (κ2) is 13.7. The Bertz CT molecular complexity index is 1470. The molecule has 0 radical (unpaired) electrons. The lowest BCUT2D eigenvalue weighted by Crippen LogP contribution is -2.67. The second-order valence-electron chi connectivity index (χ2n) is 20.2. The quantitative estimate of drug-likeness (QED) is 0.144. The van der Waals surface area contributed by atoms with E-state index in [0.717, 1.165) is 37.7 Å². The van der Waals surface area contributed by atoms with Crippen molar-refractivity contribution in [1.29, 1.82) is 0 Å². The molecule has 0 aromatic rings. The third kappa shape index (κ3) is 5.68. The van der Waals surface area contributed by atoms with E-state index in [0.29, 0.717) is 31.6 Å². The zero-order chi connectivity index (χ0) is 39.6. The van der Waals surface area contributed by atoms with E-state index in [1.165, 1.54) is 0 Å². The number of ether oxygens (including phenoxy) is 4. The lowest BCUT2D eigenvalue weighted by Gasteiger charge is -2.71. The van der Waals surface area contributed by atoms with Crippen LogP contribution in [0.5, 0.6) is 0 Å². The van der Waals surface area contributed by atoms with Crippen LogP contribution in [0.1, 0.15) is 106 Å². The fourth-order valence-electron chi connectivity index (χ4n) is 13.3. The van der Waals surface area contributed by atoms with E-state index in [1.54, 1.807) is 0 Å². The number of hydrogen-bond acceptors (Lipinski definition) is 13. The van der Waals surface area contributed by atoms with Crippen LogP contribution in [0.2, 0.25) is 0 Å². The van der Waals surface area contributed by atoms with Crippen LogP contribution in [-0.4, -0.2) is 128 Å². The minimum atomic E-state index is -1.71. The van der Waals surface area contributed by atoms with Gasteiger partial charge >= 0.3 is 5.97 Å². The fourth-order valence-corrected chi connectivity index (χ4v) is 13.3. The maximum atomic E-state index is 14.6. The number of allylic oxidation sites excluding steroid dienone is 1. The Labute approximate surface area is 319 Å². The van der Waals surface area contributed by atoms with Crippen molar-refractivity contribution in [3.05, 3.63) is 11.6 Å². The van der Waals surface area contributed by atoms with Gasteiger partial charge in [0.05, 0.1) is 30.8 Å². The lowest BCUT2D eigenvalue weighted by molar-refractivity contribution is -0.298. The molecule has 18 unspecified atom stereocenters. The highest BCUT2D eigenvalue weighted by Crippen LogP contribution is 2.76. The van der Waals surface area contributed by atoms with E-state index in [9.17, 15) is 45.6 Å². The number of rotatable bonds is 6. The zero-order valence-corrected chi connectivity index (χ0v) is 33.1. The summed E-state index contributed by atoms with van der Waals surface area (Å²) < 4.78 is 23.7. The van der Waals surface area contributed by atoms with Crippen LogP contribution in [0.3, 0.4) is 0 Å². The molecule has 6 fully saturated rings. The van der Waals surface area contributed by atoms with Gasteiger partial charge in [-0.1, -0.05) is 60.1 Å². The van der Waals surface area contributed by atoms with Crippen molar-refractivity contribution >= 4 is 5.97 Å². The highest BCUT2D eigenvalue weighted by atomic mass is 16.7. The maximum absolute atomic E-state index is 14.6. The fraction of sp³-hybridized carbons (Fsp3) is 0.927. The summed E-state index contributed by atoms with van der Waals surface area (Å²) in [6, 6.07) is 0. The third-order valence-corrected chi connectivity index (χ3v) is 17.1. The first-order chi connectivity index (χ1) is 25.1. The van der Waals surface area contributed by atoms with Crippen molar-refractivity contribution in [2.75, 3.05) is 13.2 Å². The molecule has 0 bridgehead atoms. The molecule has 308 valence electrons. The first kappa shape index (κ1) is 40.9. The normalized spacial score (nSPS) is 53.6. The van der Waals surface area contributed by atoms with E-state index < -0.39 is 97.3 Å². The van der Waals surface area contributed by atoms with Gasteiger partial charge in [0.2, 0.25) is 6.29 Å². The maximum Gasteiger partial charge on any atom is 0.315 e. The van der Waals surface area contributed by atoms with Crippen LogP contribution in [0.15, 0.2) is 11.6 Å². The minimum absolute atomic E-state index is 0.0648. The van der Waals surface area contributed by atoms with E-state index in [1.807, 2.05) is 13.8 Å². The molecule has 0 amide bonds. The van der Waals surface area contributed by atoms with Gasteiger partial charge in [-0.2, -0.15) is 0 Å². The molecular formula is C41H66O13. The molecule has 8 N–H and O–H groups in total. The predicted octanol–water partition coefficient (Wildman–Crippen LogP) is 1.93. The van der Waals surface area contributed by atoms with Gasteiger partial charge in [0, 0.05) is 5.92 Å². The number of aliphatic hydroxyl groups is 8. The molecule has 7 rings (SSSR count). The van der Waals surface area contributed by atoms with Gasteiger partial charge in [0.1, 0.15) is 42.7 Å². The molecule has 13 nitrogen and oxygen atoms in total. The van der Waals surface area contributed by atoms with Gasteiger partial charge in [-0.05, 0) is 96.7 Å². The summed E-state index contributed by atoms with van der Waals surface area (Å²) >= 11 is 0. The van der Waals surface area contributed by atoms with Crippen LogP contribution in [0.25, 0.3) is 0 Å². The van der Waals surface area contributed by atoms with Crippen molar-refractivity contribution in [2.24, 2.45) is 50.2 Å². The summed E-state index contributed by atoms with van der Waals surface area (Å²) in [5.74, 6) is -0.564. The molecule has 7 aliphatic rings. The van der Waals surface area contributed by atoms with Gasteiger partial charge in [-0.15, -0.1) is 0 Å². The van der Waals surface area contributed by atoms with Crippen LogP contribution >= 0.6 is 0 Å². The minimum Gasteiger partial charge on any atom is -0.432 e. The molecular weight excluding hydrogens is 700 g/mol. The number of fused-ring (bicyclic) bond motifs is 7. The lowest BCUT2D eigenvalue weighted by atomic mass is 9.33. The molecule has 2 aliphatic heterocycles. The van der Waals surface area contributed by atoms with Crippen LogP contribution in [-0.2, 0) is 23.7 Å². The van der Waals surface area contributed by atoms with Crippen molar-refractivity contribution < 1.29 is 64.6 Å². The first-order valence-corrected chi connectivity index (χ1v) is 20.3. The van der Waals surface area contributed by atoms with Crippen LogP contribution < -0.4 is 0 Å². The van der Waals surface area contributed by atoms with Crippen molar-refractivity contribution in [2.45, 2.75) is 174 Å². The molecule has 0 spiro atoms. The summed E-state index contributed by atoms with van der Waals surface area (Å²) in [4.78, 5) is 14.6. The number of carbonyl (C=O) groups is 1. The highest BCUT2D eigenvalue weighted by Gasteiger charge is 2.71. The second-order valence-corrected chi connectivity index (χ2v) is 20.2. The Hall–Kier alpha value is -1.23. The van der Waals surface area contributed by atoms with Gasteiger partial charge in [0.15, 0.2) is 6.29 Å². The van der Waals surface area contributed by atoms with E-state index in [2.05, 4.69) is 40.7 Å². The van der Waals surface area contributed by atoms with E-state index >= 15 is 0 Å². The molecule has 0 aromatic heterocycles. The van der Waals surface area contributed by atoms with Gasteiger partial charge in [-0.3, -0.25) is 4.79 Å². The third-order valence-electron chi connectivity index (χ3n) is 17.1. The Morgan fingerprint density at radius 2 is 1.31 bits per heavy atom. The van der Waals surface area contributed by atoms with E-state index in [-0.39, 0.29) is 33.7 Å². The summed E-state index contributed by atoms with van der Waals surface area (Å²) in [6.07, 6.45) is -4.37. The Morgan fingerprint density at radius 3 is 1.96 bits per heavy atom. The van der Waals surface area contributed by atoms with Crippen LogP contribution in [0, 0.1) is 50.2 Å². The summed E-state index contributed by atoms with van der Waals surface area (Å²) in [7, 11) is 0. The Morgan fingerprint density at radius 1 is 0.722 bits per heavy atom. The average molecular weight is 767 g/mol. The number of hydrogen-bond donors (Lipinski definition) is 8. The predicted molar refractivity (Wildman–Crippen MR) is 193 cm³/mol. The number of carbonyl (C=O) groups excluding carboxylic acids is 1. The highest BCUT2D eigenvalue weighted by molar-refractivity contribution is 5.79. The topological polar surface area (TPSA) is 216 Å². The standard InChI is InChI=1S/C41H66O13/c1-36(2)14-16-41(35(50)54-34-31(48)29(46)27(44)21(18-42)52-34)17-15-39(6)20(26(41)32(36)49)8-9-24-38(5)12-11-25(37(3,4)23(38)10-13-40(24,39)7)53-33-30(47)28(45)22(19-43)51-33/h8,21-34,42-49H,9-19H2,1-7H3. The number of aliphatic hydroxyl groups excluding tert-OH is 8. The van der Waals surface area contributed by atoms with Gasteiger partial charge < -0.3 is 59.8 Å². The molecule has 2 heterocycles. The Kier molecular flexibility index (Phi) is 10.4. The Balaban J connectivity index is 1.18. The summed E-state index contributed by atoms with van der Waals surface area (Å²) in [5.41, 5.74) is -1.34. The van der Waals surface area contributed by atoms with Crippen molar-refractivity contribution in [3.8, 4) is 0 Å². The monoisotopic (exact) mass is 766 g/mol. The first-order valence-electron chi connectivity index (χ1n) is 20.3. The average Bonchev–Trinajstić information content (AvgIpc) is 3.39. The smallest absolute Gasteiger partial charge is 0.315 e. The molecule has 4 saturated carbocycles. The SMILES string of the molecule is CC1(C)CCC2(C(=O)OC3OC(CO)C(O)C(O)C3O)CCC3(C)C(=CCC4C5(C)CCC(OC6OC(CO)C(O)C6O)C(C)(C)C5CCC43C)C2C1O. The molecule has 13 heteroatoms. The molecule has 18 atom stereocenters. The molecule has 54 heavy (non-hydrogen) atoms. The molecule has 2 saturated heterocycles.